The van der Waals surface area contributed by atoms with Gasteiger partial charge in [-0.15, -0.1) is 10.2 Å². The monoisotopic (exact) mass is 440 g/mol. The zero-order valence-electron chi connectivity index (χ0n) is 15.2. The Morgan fingerprint density at radius 2 is 1.93 bits per heavy atom. The number of amides is 1. The minimum Gasteiger partial charge on any atom is -0.355 e. The summed E-state index contributed by atoms with van der Waals surface area (Å²) in [6.45, 7) is 5.26. The Bertz CT molecular complexity index is 996. The van der Waals surface area contributed by atoms with Crippen molar-refractivity contribution in [3.63, 3.8) is 0 Å². The molecule has 0 atom stereocenters. The molecule has 9 nitrogen and oxygen atoms in total. The summed E-state index contributed by atoms with van der Waals surface area (Å²) in [6.07, 6.45) is 0. The molecule has 148 valence electrons. The highest BCUT2D eigenvalue weighted by Crippen LogP contribution is 2.30. The van der Waals surface area contributed by atoms with Crippen LogP contribution >= 0.6 is 35.0 Å². The number of nitrogens with one attached hydrogen (secondary N) is 3. The largest absolute Gasteiger partial charge is 0.355 e. The van der Waals surface area contributed by atoms with Crippen molar-refractivity contribution in [1.82, 2.24) is 24.6 Å². The summed E-state index contributed by atoms with van der Waals surface area (Å²) < 4.78 is 1.68. The number of fused-ring (bicyclic) bond motifs is 1. The number of nitrogens with zero attached hydrogens (tertiary/aromatic N) is 5. The van der Waals surface area contributed by atoms with Crippen LogP contribution in [-0.2, 0) is 4.79 Å². The van der Waals surface area contributed by atoms with Gasteiger partial charge in [-0.3, -0.25) is 4.79 Å². The summed E-state index contributed by atoms with van der Waals surface area (Å²) in [6, 6.07) is 5.05. The van der Waals surface area contributed by atoms with E-state index in [1.807, 2.05) is 13.8 Å². The molecule has 3 rings (SSSR count). The quantitative estimate of drug-likeness (QED) is 0.457. The number of hydrogen-bond donors (Lipinski definition) is 3. The molecule has 3 aromatic rings. The molecule has 0 spiro atoms. The maximum Gasteiger partial charge on any atom is 0.261 e. The molecule has 12 heteroatoms. The van der Waals surface area contributed by atoms with Crippen molar-refractivity contribution in [2.45, 2.75) is 19.0 Å². The van der Waals surface area contributed by atoms with E-state index in [2.05, 4.69) is 36.1 Å². The van der Waals surface area contributed by atoms with Crippen molar-refractivity contribution in [1.29, 1.82) is 0 Å². The molecule has 0 saturated carbocycles. The van der Waals surface area contributed by atoms with E-state index in [-0.39, 0.29) is 11.7 Å². The van der Waals surface area contributed by atoms with Gasteiger partial charge in [0.25, 0.3) is 5.78 Å². The molecule has 0 aliphatic heterocycles. The van der Waals surface area contributed by atoms with Gasteiger partial charge in [-0.1, -0.05) is 41.0 Å². The van der Waals surface area contributed by atoms with Crippen molar-refractivity contribution in [2.75, 3.05) is 34.8 Å². The number of benzene rings is 1. The van der Waals surface area contributed by atoms with Gasteiger partial charge in [0.05, 0.1) is 21.5 Å². The fourth-order valence-corrected chi connectivity index (χ4v) is 3.39. The first-order valence-electron chi connectivity index (χ1n) is 8.51. The molecule has 3 N–H and O–H groups in total. The number of hydrogen-bond acceptors (Lipinski definition) is 8. The fourth-order valence-electron chi connectivity index (χ4n) is 2.31. The zero-order valence-corrected chi connectivity index (χ0v) is 17.5. The maximum absolute atomic E-state index is 12.3. The molecule has 1 aromatic carbocycles. The van der Waals surface area contributed by atoms with Crippen molar-refractivity contribution in [3.8, 4) is 0 Å². The summed E-state index contributed by atoms with van der Waals surface area (Å²) in [4.78, 5) is 21.1. The zero-order chi connectivity index (χ0) is 20.1. The van der Waals surface area contributed by atoms with Crippen molar-refractivity contribution in [2.24, 2.45) is 0 Å². The third-order valence-electron chi connectivity index (χ3n) is 3.47. The molecule has 0 aliphatic rings. The highest BCUT2D eigenvalue weighted by molar-refractivity contribution is 7.99. The Labute approximate surface area is 175 Å². The lowest BCUT2D eigenvalue weighted by atomic mass is 10.3. The van der Waals surface area contributed by atoms with E-state index in [0.29, 0.717) is 51.7 Å². The molecule has 0 radical (unpaired) electrons. The van der Waals surface area contributed by atoms with Gasteiger partial charge in [0.15, 0.2) is 5.16 Å². The number of carbonyl (C=O) groups is 1. The first-order chi connectivity index (χ1) is 13.5. The number of thioether (sulfide) groups is 1. The average molecular weight is 441 g/mol. The van der Waals surface area contributed by atoms with Gasteiger partial charge in [0.1, 0.15) is 0 Å². The first kappa shape index (κ1) is 20.4. The van der Waals surface area contributed by atoms with E-state index < -0.39 is 0 Å². The Kier molecular flexibility index (Phi) is 6.76. The SMILES string of the molecule is CCNc1nc(NCC)n2c(SCC(=O)Nc3cccc(Cl)c3Cl)nnc2n1. The van der Waals surface area contributed by atoms with Gasteiger partial charge in [-0.25, -0.2) is 4.40 Å². The van der Waals surface area contributed by atoms with Crippen molar-refractivity contribution >= 4 is 64.2 Å². The third kappa shape index (κ3) is 4.57. The maximum atomic E-state index is 12.3. The normalized spacial score (nSPS) is 10.9. The van der Waals surface area contributed by atoms with Crippen LogP contribution in [0.3, 0.4) is 0 Å². The number of rotatable bonds is 8. The van der Waals surface area contributed by atoms with E-state index in [0.717, 1.165) is 0 Å². The van der Waals surface area contributed by atoms with E-state index in [1.54, 1.807) is 22.6 Å². The molecular formula is C16H18Cl2N8OS. The molecule has 0 fully saturated rings. The Hall–Kier alpha value is -2.30. The number of carbonyl (C=O) groups excluding carboxylic acids is 1. The number of halogens is 2. The van der Waals surface area contributed by atoms with Crippen LogP contribution < -0.4 is 16.0 Å². The van der Waals surface area contributed by atoms with Crippen molar-refractivity contribution in [3.05, 3.63) is 28.2 Å². The predicted octanol–water partition coefficient (Wildman–Crippen LogP) is 3.42. The van der Waals surface area contributed by atoms with Gasteiger partial charge < -0.3 is 16.0 Å². The summed E-state index contributed by atoms with van der Waals surface area (Å²) in [5.41, 5.74) is 0.456. The lowest BCUT2D eigenvalue weighted by molar-refractivity contribution is -0.113. The highest BCUT2D eigenvalue weighted by atomic mass is 35.5. The Balaban J connectivity index is 1.76. The molecule has 2 heterocycles. The summed E-state index contributed by atoms with van der Waals surface area (Å²) in [7, 11) is 0. The predicted molar refractivity (Wildman–Crippen MR) is 113 cm³/mol. The fraction of sp³-hybridized carbons (Fsp3) is 0.312. The summed E-state index contributed by atoms with van der Waals surface area (Å²) in [5.74, 6) is 1.26. The van der Waals surface area contributed by atoms with E-state index >= 15 is 0 Å². The van der Waals surface area contributed by atoms with Crippen LogP contribution in [0, 0.1) is 0 Å². The second-order valence-electron chi connectivity index (χ2n) is 5.49. The van der Waals surface area contributed by atoms with E-state index in [9.17, 15) is 4.79 Å². The van der Waals surface area contributed by atoms with Gasteiger partial charge in [0.2, 0.25) is 17.8 Å². The molecule has 1 amide bonds. The van der Waals surface area contributed by atoms with E-state index in [1.165, 1.54) is 11.8 Å². The molecule has 2 aromatic heterocycles. The van der Waals surface area contributed by atoms with Crippen molar-refractivity contribution < 1.29 is 4.79 Å². The first-order valence-corrected chi connectivity index (χ1v) is 10.2. The third-order valence-corrected chi connectivity index (χ3v) is 5.22. The van der Waals surface area contributed by atoms with Crippen LogP contribution in [0.2, 0.25) is 10.0 Å². The van der Waals surface area contributed by atoms with Crippen LogP contribution in [0.15, 0.2) is 23.4 Å². The molecular weight excluding hydrogens is 423 g/mol. The smallest absolute Gasteiger partial charge is 0.261 e. The summed E-state index contributed by atoms with van der Waals surface area (Å²) >= 11 is 13.3. The van der Waals surface area contributed by atoms with Crippen LogP contribution in [-0.4, -0.2) is 49.3 Å². The number of anilines is 3. The minimum atomic E-state index is -0.249. The number of aromatic nitrogens is 5. The van der Waals surface area contributed by atoms with Crippen LogP contribution in [0.25, 0.3) is 5.78 Å². The lowest BCUT2D eigenvalue weighted by Gasteiger charge is -2.10. The topological polar surface area (TPSA) is 109 Å². The van der Waals surface area contributed by atoms with Crippen LogP contribution in [0.5, 0.6) is 0 Å². The Morgan fingerprint density at radius 3 is 2.68 bits per heavy atom. The molecule has 28 heavy (non-hydrogen) atoms. The van der Waals surface area contributed by atoms with E-state index in [4.69, 9.17) is 23.2 Å². The van der Waals surface area contributed by atoms with Gasteiger partial charge >= 0.3 is 0 Å². The van der Waals surface area contributed by atoms with Gasteiger partial charge in [-0.2, -0.15) is 9.97 Å². The molecule has 0 aliphatic carbocycles. The van der Waals surface area contributed by atoms with Crippen LogP contribution in [0.1, 0.15) is 13.8 Å². The van der Waals surface area contributed by atoms with Gasteiger partial charge in [0, 0.05) is 13.1 Å². The molecule has 0 unspecified atom stereocenters. The molecule has 0 saturated heterocycles. The van der Waals surface area contributed by atoms with Gasteiger partial charge in [-0.05, 0) is 26.0 Å². The lowest BCUT2D eigenvalue weighted by Crippen LogP contribution is -2.15. The molecule has 0 bridgehead atoms. The highest BCUT2D eigenvalue weighted by Gasteiger charge is 2.16. The second kappa shape index (κ2) is 9.26. The second-order valence-corrected chi connectivity index (χ2v) is 7.22. The average Bonchev–Trinajstić information content (AvgIpc) is 3.07. The minimum absolute atomic E-state index is 0.101. The summed E-state index contributed by atoms with van der Waals surface area (Å²) in [5, 5.41) is 18.3. The van der Waals surface area contributed by atoms with Crippen LogP contribution in [0.4, 0.5) is 17.6 Å². The Morgan fingerprint density at radius 1 is 1.14 bits per heavy atom. The standard InChI is InChI=1S/C16H18Cl2N8OS/c1-3-19-13-22-14(20-4-2)26-15(23-13)24-25-16(26)28-8-11(27)21-10-7-5-6-9(17)12(10)18/h5-7H,3-4,8H2,1-2H3,(H,21,27)(H2,19,20,22,23,24).